The summed E-state index contributed by atoms with van der Waals surface area (Å²) in [6.07, 6.45) is 0.672. The molecule has 0 aromatic heterocycles. The van der Waals surface area contributed by atoms with Crippen LogP contribution in [-0.2, 0) is 11.3 Å². The molecular weight excluding hydrogens is 298 g/mol. The summed E-state index contributed by atoms with van der Waals surface area (Å²) in [5, 5.41) is 18.9. The molecule has 0 spiro atoms. The van der Waals surface area contributed by atoms with Crippen LogP contribution in [0.4, 0.5) is 0 Å². The molecular formula is C13H16BrNO3. The van der Waals surface area contributed by atoms with Gasteiger partial charge in [0, 0.05) is 22.6 Å². The van der Waals surface area contributed by atoms with Gasteiger partial charge in [-0.3, -0.25) is 9.69 Å². The van der Waals surface area contributed by atoms with Crippen LogP contribution in [0, 0.1) is 5.92 Å². The van der Waals surface area contributed by atoms with Crippen molar-refractivity contribution in [2.45, 2.75) is 25.9 Å². The van der Waals surface area contributed by atoms with Gasteiger partial charge in [0.05, 0.1) is 5.92 Å². The highest BCUT2D eigenvalue weighted by Crippen LogP contribution is 2.29. The fourth-order valence-electron chi connectivity index (χ4n) is 2.46. The third-order valence-corrected chi connectivity index (χ3v) is 4.11. The van der Waals surface area contributed by atoms with Gasteiger partial charge in [0.25, 0.3) is 0 Å². The number of phenolic OH excluding ortho intramolecular Hbond substituents is 1. The number of aliphatic carboxylic acids is 1. The van der Waals surface area contributed by atoms with Crippen molar-refractivity contribution in [1.29, 1.82) is 0 Å². The Hall–Kier alpha value is -1.07. The van der Waals surface area contributed by atoms with Crippen LogP contribution in [0.1, 0.15) is 18.9 Å². The summed E-state index contributed by atoms with van der Waals surface area (Å²) in [6.45, 7) is 3.27. The molecule has 4 nitrogen and oxygen atoms in total. The minimum absolute atomic E-state index is 0.000816. The second-order valence-electron chi connectivity index (χ2n) is 4.72. The summed E-state index contributed by atoms with van der Waals surface area (Å²) in [5.74, 6) is -0.785. The van der Waals surface area contributed by atoms with Crippen molar-refractivity contribution < 1.29 is 15.0 Å². The van der Waals surface area contributed by atoms with E-state index in [4.69, 9.17) is 5.11 Å². The molecule has 1 aliphatic rings. The monoisotopic (exact) mass is 313 g/mol. The van der Waals surface area contributed by atoms with Gasteiger partial charge in [0.2, 0.25) is 0 Å². The highest BCUT2D eigenvalue weighted by atomic mass is 79.9. The van der Waals surface area contributed by atoms with E-state index in [9.17, 15) is 9.90 Å². The van der Waals surface area contributed by atoms with Crippen LogP contribution in [0.3, 0.4) is 0 Å². The SMILES string of the molecule is CC1C(C(=O)O)CCN1Cc1cc(Br)ccc1O. The second kappa shape index (κ2) is 5.28. The maximum absolute atomic E-state index is 11.0. The van der Waals surface area contributed by atoms with Crippen LogP contribution in [0.25, 0.3) is 0 Å². The standard InChI is InChI=1S/C13H16BrNO3/c1-8-11(13(17)18)4-5-15(8)7-9-6-10(14)2-3-12(9)16/h2-3,6,8,11,16H,4-5,7H2,1H3,(H,17,18). The normalized spacial score (nSPS) is 24.3. The fourth-order valence-corrected chi connectivity index (χ4v) is 2.87. The molecule has 1 aliphatic heterocycles. The zero-order valence-electron chi connectivity index (χ0n) is 10.1. The van der Waals surface area contributed by atoms with E-state index in [1.54, 1.807) is 12.1 Å². The Kier molecular flexibility index (Phi) is 3.92. The number of hydrogen-bond donors (Lipinski definition) is 2. The molecule has 0 amide bonds. The first-order valence-corrected chi connectivity index (χ1v) is 6.72. The van der Waals surface area contributed by atoms with Crippen molar-refractivity contribution in [3.05, 3.63) is 28.2 Å². The van der Waals surface area contributed by atoms with E-state index in [0.29, 0.717) is 13.0 Å². The Bertz CT molecular complexity index is 464. The third-order valence-electron chi connectivity index (χ3n) is 3.62. The number of benzene rings is 1. The molecule has 98 valence electrons. The molecule has 18 heavy (non-hydrogen) atoms. The number of aromatic hydroxyl groups is 1. The number of rotatable bonds is 3. The van der Waals surface area contributed by atoms with Crippen LogP contribution in [0.15, 0.2) is 22.7 Å². The van der Waals surface area contributed by atoms with E-state index >= 15 is 0 Å². The highest BCUT2D eigenvalue weighted by Gasteiger charge is 2.35. The van der Waals surface area contributed by atoms with Gasteiger partial charge in [0.15, 0.2) is 0 Å². The lowest BCUT2D eigenvalue weighted by Gasteiger charge is -2.23. The molecule has 1 aromatic rings. The highest BCUT2D eigenvalue weighted by molar-refractivity contribution is 9.10. The summed E-state index contributed by atoms with van der Waals surface area (Å²) in [7, 11) is 0. The van der Waals surface area contributed by atoms with Gasteiger partial charge in [-0.2, -0.15) is 0 Å². The Balaban J connectivity index is 2.11. The van der Waals surface area contributed by atoms with Gasteiger partial charge in [-0.05, 0) is 38.1 Å². The Morgan fingerprint density at radius 1 is 1.56 bits per heavy atom. The van der Waals surface area contributed by atoms with Crippen molar-refractivity contribution in [3.8, 4) is 5.75 Å². The predicted molar refractivity (Wildman–Crippen MR) is 71.4 cm³/mol. The molecule has 0 bridgehead atoms. The summed E-state index contributed by atoms with van der Waals surface area (Å²) < 4.78 is 0.914. The van der Waals surface area contributed by atoms with Crippen molar-refractivity contribution in [1.82, 2.24) is 4.90 Å². The van der Waals surface area contributed by atoms with Crippen molar-refractivity contribution in [2.75, 3.05) is 6.54 Å². The maximum atomic E-state index is 11.0. The molecule has 0 aliphatic carbocycles. The second-order valence-corrected chi connectivity index (χ2v) is 5.63. The van der Waals surface area contributed by atoms with Crippen LogP contribution < -0.4 is 0 Å². The first kappa shape index (κ1) is 13.4. The van der Waals surface area contributed by atoms with Gasteiger partial charge in [0.1, 0.15) is 5.75 Å². The molecule has 2 unspecified atom stereocenters. The first-order valence-electron chi connectivity index (χ1n) is 5.93. The molecule has 1 saturated heterocycles. The van der Waals surface area contributed by atoms with Gasteiger partial charge in [-0.1, -0.05) is 15.9 Å². The summed E-state index contributed by atoms with van der Waals surface area (Å²) in [6, 6.07) is 5.30. The van der Waals surface area contributed by atoms with Crippen LogP contribution in [0.2, 0.25) is 0 Å². The molecule has 1 fully saturated rings. The fraction of sp³-hybridized carbons (Fsp3) is 0.462. The smallest absolute Gasteiger partial charge is 0.308 e. The minimum atomic E-state index is -0.733. The lowest BCUT2D eigenvalue weighted by molar-refractivity contribution is -0.142. The van der Waals surface area contributed by atoms with E-state index in [-0.39, 0.29) is 17.7 Å². The first-order chi connectivity index (χ1) is 8.49. The molecule has 2 N–H and O–H groups in total. The molecule has 5 heteroatoms. The Labute approximate surface area is 114 Å². The number of carboxylic acids is 1. The number of likely N-dealkylation sites (tertiary alicyclic amines) is 1. The largest absolute Gasteiger partial charge is 0.508 e. The molecule has 2 rings (SSSR count). The van der Waals surface area contributed by atoms with Crippen molar-refractivity contribution >= 4 is 21.9 Å². The van der Waals surface area contributed by atoms with E-state index in [2.05, 4.69) is 20.8 Å². The van der Waals surface area contributed by atoms with Gasteiger partial charge in [-0.25, -0.2) is 0 Å². The Morgan fingerprint density at radius 2 is 2.28 bits per heavy atom. The van der Waals surface area contributed by atoms with Crippen LogP contribution >= 0.6 is 15.9 Å². The van der Waals surface area contributed by atoms with Gasteiger partial charge < -0.3 is 10.2 Å². The van der Waals surface area contributed by atoms with E-state index < -0.39 is 5.97 Å². The average molecular weight is 314 g/mol. The number of phenols is 1. The molecule has 2 atom stereocenters. The predicted octanol–water partition coefficient (Wildman–Crippen LogP) is 2.45. The number of nitrogens with zero attached hydrogens (tertiary/aromatic N) is 1. The third kappa shape index (κ3) is 2.67. The average Bonchev–Trinajstić information content (AvgIpc) is 2.66. The number of halogens is 1. The maximum Gasteiger partial charge on any atom is 0.308 e. The molecule has 1 heterocycles. The van der Waals surface area contributed by atoms with E-state index in [0.717, 1.165) is 16.6 Å². The zero-order valence-corrected chi connectivity index (χ0v) is 11.7. The lowest BCUT2D eigenvalue weighted by atomic mass is 10.0. The van der Waals surface area contributed by atoms with E-state index in [1.807, 2.05) is 13.0 Å². The van der Waals surface area contributed by atoms with E-state index in [1.165, 1.54) is 0 Å². The van der Waals surface area contributed by atoms with Crippen LogP contribution in [-0.4, -0.2) is 33.7 Å². The van der Waals surface area contributed by atoms with Crippen LogP contribution in [0.5, 0.6) is 5.75 Å². The zero-order chi connectivity index (χ0) is 13.3. The van der Waals surface area contributed by atoms with Gasteiger partial charge >= 0.3 is 5.97 Å². The Morgan fingerprint density at radius 3 is 2.89 bits per heavy atom. The number of carboxylic acid groups (broad SMARTS) is 1. The summed E-state index contributed by atoms with van der Waals surface area (Å²) in [4.78, 5) is 13.1. The molecule has 1 aromatic carbocycles. The lowest BCUT2D eigenvalue weighted by Crippen LogP contribution is -2.32. The number of hydrogen-bond acceptors (Lipinski definition) is 3. The van der Waals surface area contributed by atoms with Crippen molar-refractivity contribution in [2.24, 2.45) is 5.92 Å². The summed E-state index contributed by atoms with van der Waals surface area (Å²) >= 11 is 3.37. The molecule has 0 saturated carbocycles. The quantitative estimate of drug-likeness (QED) is 0.900. The van der Waals surface area contributed by atoms with Crippen molar-refractivity contribution in [3.63, 3.8) is 0 Å². The minimum Gasteiger partial charge on any atom is -0.508 e. The summed E-state index contributed by atoms with van der Waals surface area (Å²) in [5.41, 5.74) is 0.822. The topological polar surface area (TPSA) is 60.8 Å². The van der Waals surface area contributed by atoms with Gasteiger partial charge in [-0.15, -0.1) is 0 Å². The number of carbonyl (C=O) groups is 1. The molecule has 0 radical (unpaired) electrons.